The van der Waals surface area contributed by atoms with Crippen molar-refractivity contribution in [2.45, 2.75) is 50.7 Å². The van der Waals surface area contributed by atoms with Gasteiger partial charge >= 0.3 is 0 Å². The highest BCUT2D eigenvalue weighted by Crippen LogP contribution is 2.43. The Labute approximate surface area is 243 Å². The van der Waals surface area contributed by atoms with Crippen LogP contribution >= 0.6 is 0 Å². The zero-order chi connectivity index (χ0) is 29.2. The van der Waals surface area contributed by atoms with Gasteiger partial charge in [0.1, 0.15) is 11.7 Å². The normalized spacial score (nSPS) is 23.8. The first-order valence-electron chi connectivity index (χ1n) is 14.7. The predicted octanol–water partition coefficient (Wildman–Crippen LogP) is 2.31. The Morgan fingerprint density at radius 2 is 1.76 bits per heavy atom. The number of amides is 4. The van der Waals surface area contributed by atoms with E-state index in [-0.39, 0.29) is 36.6 Å². The molecule has 0 spiro atoms. The molecule has 6 rings (SSSR count). The number of rotatable bonds is 9. The molecule has 0 bridgehead atoms. The summed E-state index contributed by atoms with van der Waals surface area (Å²) in [6, 6.07) is 16.7. The summed E-state index contributed by atoms with van der Waals surface area (Å²) in [5.74, 6) is -2.87. The number of likely N-dealkylation sites (tertiary alicyclic amines) is 1. The van der Waals surface area contributed by atoms with Crippen molar-refractivity contribution < 1.29 is 24.0 Å². The summed E-state index contributed by atoms with van der Waals surface area (Å²) in [7, 11) is 0. The Morgan fingerprint density at radius 1 is 0.976 bits per heavy atom. The van der Waals surface area contributed by atoms with Crippen LogP contribution in [0.4, 0.5) is 0 Å². The average molecular weight is 570 g/mol. The quantitative estimate of drug-likeness (QED) is 0.293. The number of aromatic nitrogens is 1. The van der Waals surface area contributed by atoms with Crippen LogP contribution in [0.5, 0.6) is 0 Å². The van der Waals surface area contributed by atoms with Gasteiger partial charge < -0.3 is 25.8 Å². The van der Waals surface area contributed by atoms with Crippen molar-refractivity contribution in [2.75, 3.05) is 13.1 Å². The Morgan fingerprint density at radius 3 is 2.52 bits per heavy atom. The van der Waals surface area contributed by atoms with Gasteiger partial charge in [-0.05, 0) is 55.2 Å². The van der Waals surface area contributed by atoms with Crippen LogP contribution in [0.1, 0.15) is 48.2 Å². The van der Waals surface area contributed by atoms with Gasteiger partial charge in [0.15, 0.2) is 0 Å². The Balaban J connectivity index is 1.22. The van der Waals surface area contributed by atoms with E-state index in [1.54, 1.807) is 11.0 Å². The molecule has 2 aliphatic heterocycles. The van der Waals surface area contributed by atoms with Crippen LogP contribution in [0.15, 0.2) is 60.7 Å². The fourth-order valence-electron chi connectivity index (χ4n) is 6.86. The molecule has 10 heteroatoms. The zero-order valence-corrected chi connectivity index (χ0v) is 23.3. The van der Waals surface area contributed by atoms with Crippen molar-refractivity contribution >= 4 is 40.3 Å². The molecule has 3 aliphatic rings. The number of para-hydroxylation sites is 1. The van der Waals surface area contributed by atoms with Crippen LogP contribution < -0.4 is 16.0 Å². The lowest BCUT2D eigenvalue weighted by atomic mass is 9.91. The first-order valence-corrected chi connectivity index (χ1v) is 14.7. The molecular formula is C32H35N5O5. The summed E-state index contributed by atoms with van der Waals surface area (Å²) in [6.07, 6.45) is 3.24. The lowest BCUT2D eigenvalue weighted by Gasteiger charge is -2.29. The summed E-state index contributed by atoms with van der Waals surface area (Å²) < 4.78 is 0. The molecule has 4 N–H and O–H groups in total. The van der Waals surface area contributed by atoms with Gasteiger partial charge in [-0.1, -0.05) is 55.0 Å². The Hall–Kier alpha value is -4.47. The second-order valence-corrected chi connectivity index (χ2v) is 11.6. The van der Waals surface area contributed by atoms with E-state index in [1.165, 1.54) is 0 Å². The highest BCUT2D eigenvalue weighted by atomic mass is 16.2. The molecule has 10 nitrogen and oxygen atoms in total. The monoisotopic (exact) mass is 569 g/mol. The third kappa shape index (κ3) is 5.53. The summed E-state index contributed by atoms with van der Waals surface area (Å²) in [4.78, 5) is 71.3. The molecule has 1 aliphatic carbocycles. The number of carbonyl (C=O) groups is 5. The second-order valence-electron chi connectivity index (χ2n) is 11.6. The number of benzene rings is 2. The van der Waals surface area contributed by atoms with Gasteiger partial charge in [0, 0.05) is 36.5 Å². The van der Waals surface area contributed by atoms with Crippen molar-refractivity contribution in [1.29, 1.82) is 0 Å². The first-order chi connectivity index (χ1) is 20.4. The molecule has 1 aromatic heterocycles. The van der Waals surface area contributed by atoms with Crippen LogP contribution in [-0.4, -0.2) is 64.5 Å². The number of nitrogens with zero attached hydrogens (tertiary/aromatic N) is 1. The van der Waals surface area contributed by atoms with E-state index >= 15 is 0 Å². The number of ketones is 1. The summed E-state index contributed by atoms with van der Waals surface area (Å²) >= 11 is 0. The number of hydrogen-bond acceptors (Lipinski definition) is 5. The number of H-pyrrole nitrogens is 1. The van der Waals surface area contributed by atoms with Crippen molar-refractivity contribution in [3.63, 3.8) is 0 Å². The minimum Gasteiger partial charge on any atom is -0.356 e. The molecule has 2 saturated heterocycles. The number of fused-ring (bicyclic) bond motifs is 2. The van der Waals surface area contributed by atoms with Gasteiger partial charge in [-0.3, -0.25) is 24.0 Å². The van der Waals surface area contributed by atoms with Gasteiger partial charge in [0.25, 0.3) is 11.8 Å². The molecule has 2 aromatic carbocycles. The topological polar surface area (TPSA) is 140 Å². The molecule has 0 unspecified atom stereocenters. The molecule has 0 radical (unpaired) electrons. The van der Waals surface area contributed by atoms with Gasteiger partial charge in [-0.15, -0.1) is 0 Å². The number of aromatic amines is 1. The fraction of sp³-hybridized carbons (Fsp3) is 0.406. The van der Waals surface area contributed by atoms with Crippen molar-refractivity contribution in [2.24, 2.45) is 17.8 Å². The van der Waals surface area contributed by atoms with E-state index in [1.807, 2.05) is 54.6 Å². The fourth-order valence-corrected chi connectivity index (χ4v) is 6.86. The van der Waals surface area contributed by atoms with E-state index in [2.05, 4.69) is 20.9 Å². The molecule has 5 atom stereocenters. The van der Waals surface area contributed by atoms with E-state index in [4.69, 9.17) is 0 Å². The highest BCUT2D eigenvalue weighted by Gasteiger charge is 2.50. The van der Waals surface area contributed by atoms with E-state index < -0.39 is 35.6 Å². The number of nitrogens with one attached hydrogen (secondary N) is 4. The lowest BCUT2D eigenvalue weighted by Crippen LogP contribution is -2.55. The first kappa shape index (κ1) is 27.7. The van der Waals surface area contributed by atoms with Crippen molar-refractivity contribution in [3.05, 3.63) is 71.9 Å². The van der Waals surface area contributed by atoms with Gasteiger partial charge in [0.2, 0.25) is 17.6 Å². The van der Waals surface area contributed by atoms with Crippen molar-refractivity contribution in [1.82, 2.24) is 25.8 Å². The maximum atomic E-state index is 14.0. The van der Waals surface area contributed by atoms with Crippen LogP contribution in [0.3, 0.4) is 0 Å². The lowest BCUT2D eigenvalue weighted by molar-refractivity contribution is -0.141. The zero-order valence-electron chi connectivity index (χ0n) is 23.3. The molecule has 1 saturated carbocycles. The standard InChI is InChI=1S/C32H35N5O5/c38-28(31(41)34-17-19-7-2-1-3-8-19)25(16-21-13-14-33-29(21)39)36-30(40)27-23-11-6-10-22(23)18-37(27)32(42)26-15-20-9-4-5-12-24(20)35-26/h1-5,7-9,12,15,21-23,25,27,35H,6,10-11,13-14,16-18H2,(H,33,39)(H,34,41)(H,36,40)/t21-,22-,23-,25-,27-/m0/s1. The molecule has 218 valence electrons. The molecule has 3 fully saturated rings. The third-order valence-electron chi connectivity index (χ3n) is 9.02. The number of hydrogen-bond donors (Lipinski definition) is 4. The van der Waals surface area contributed by atoms with E-state index in [0.29, 0.717) is 25.2 Å². The number of Topliss-reactive ketones (excluding diaryl/α,β-unsaturated/α-hetero) is 1. The van der Waals surface area contributed by atoms with E-state index in [0.717, 1.165) is 35.7 Å². The third-order valence-corrected chi connectivity index (χ3v) is 9.02. The van der Waals surface area contributed by atoms with E-state index in [9.17, 15) is 24.0 Å². The molecule has 3 aromatic rings. The van der Waals surface area contributed by atoms with Crippen LogP contribution in [-0.2, 0) is 25.7 Å². The predicted molar refractivity (Wildman–Crippen MR) is 155 cm³/mol. The molecular weight excluding hydrogens is 534 g/mol. The number of carbonyl (C=O) groups excluding carboxylic acids is 5. The van der Waals surface area contributed by atoms with Gasteiger partial charge in [-0.25, -0.2) is 0 Å². The van der Waals surface area contributed by atoms with Crippen LogP contribution in [0.2, 0.25) is 0 Å². The Kier molecular flexibility index (Phi) is 7.78. The minimum absolute atomic E-state index is 0.0198. The second kappa shape index (κ2) is 11.8. The minimum atomic E-state index is -1.19. The maximum Gasteiger partial charge on any atom is 0.289 e. The summed E-state index contributed by atoms with van der Waals surface area (Å²) in [5, 5.41) is 9.14. The highest BCUT2D eigenvalue weighted by molar-refractivity contribution is 6.38. The van der Waals surface area contributed by atoms with Gasteiger partial charge in [-0.2, -0.15) is 0 Å². The largest absolute Gasteiger partial charge is 0.356 e. The van der Waals surface area contributed by atoms with Crippen molar-refractivity contribution in [3.8, 4) is 0 Å². The smallest absolute Gasteiger partial charge is 0.289 e. The molecule has 3 heterocycles. The molecule has 42 heavy (non-hydrogen) atoms. The molecule has 4 amide bonds. The SMILES string of the molecule is O=C(NCc1ccccc1)C(=O)[C@H](C[C@@H]1CCNC1=O)NC(=O)[C@@H]1[C@H]2CCC[C@H]2CN1C(=O)c1cc2ccccc2[nH]1. The van der Waals surface area contributed by atoms with Gasteiger partial charge in [0.05, 0.1) is 6.04 Å². The van der Waals surface area contributed by atoms with Crippen LogP contribution in [0, 0.1) is 17.8 Å². The average Bonchev–Trinajstić information content (AvgIpc) is 3.79. The Bertz CT molecular complexity index is 1480. The summed E-state index contributed by atoms with van der Waals surface area (Å²) in [5.41, 5.74) is 2.08. The maximum absolute atomic E-state index is 14.0. The van der Waals surface area contributed by atoms with Crippen LogP contribution in [0.25, 0.3) is 10.9 Å². The summed E-state index contributed by atoms with van der Waals surface area (Å²) in [6.45, 7) is 1.10.